The first-order chi connectivity index (χ1) is 11.6. The number of benzene rings is 1. The largest absolute Gasteiger partial charge is 0.339 e. The van der Waals surface area contributed by atoms with E-state index in [2.05, 4.69) is 15.1 Å². The van der Waals surface area contributed by atoms with Crippen molar-refractivity contribution in [1.29, 1.82) is 0 Å². The Morgan fingerprint density at radius 2 is 2.00 bits per heavy atom. The van der Waals surface area contributed by atoms with E-state index in [4.69, 9.17) is 0 Å². The van der Waals surface area contributed by atoms with E-state index in [0.717, 1.165) is 22.4 Å². The van der Waals surface area contributed by atoms with Gasteiger partial charge in [-0.15, -0.1) is 10.2 Å². The molecule has 2 heterocycles. The molecular weight excluding hydrogens is 347 g/mol. The summed E-state index contributed by atoms with van der Waals surface area (Å²) in [6.45, 7) is 5.39. The smallest absolute Gasteiger partial charge is 0.233 e. The van der Waals surface area contributed by atoms with Crippen molar-refractivity contribution in [3.63, 3.8) is 0 Å². The first kappa shape index (κ1) is 17.3. The van der Waals surface area contributed by atoms with Crippen LogP contribution < -0.4 is 0 Å². The minimum Gasteiger partial charge on any atom is -0.339 e. The second kappa shape index (κ2) is 8.04. The van der Waals surface area contributed by atoms with E-state index in [9.17, 15) is 9.18 Å². The van der Waals surface area contributed by atoms with Crippen molar-refractivity contribution in [3.05, 3.63) is 40.7 Å². The Morgan fingerprint density at radius 1 is 1.25 bits per heavy atom. The number of carbonyl (C=O) groups excluding carboxylic acids is 1. The van der Waals surface area contributed by atoms with Crippen molar-refractivity contribution < 1.29 is 9.18 Å². The number of carbonyl (C=O) groups is 1. The van der Waals surface area contributed by atoms with Gasteiger partial charge in [-0.25, -0.2) is 4.39 Å². The molecule has 3 rings (SSSR count). The van der Waals surface area contributed by atoms with Crippen molar-refractivity contribution in [2.24, 2.45) is 0 Å². The Labute approximate surface area is 148 Å². The van der Waals surface area contributed by atoms with E-state index in [0.29, 0.717) is 31.0 Å². The SMILES string of the molecule is Cc1nnc(SCC(=O)N2CCN(Cc3ccccc3F)CC2)s1. The summed E-state index contributed by atoms with van der Waals surface area (Å²) in [6, 6.07) is 6.85. The maximum atomic E-state index is 13.7. The lowest BCUT2D eigenvalue weighted by Gasteiger charge is -2.34. The number of nitrogens with zero attached hydrogens (tertiary/aromatic N) is 4. The second-order valence-corrected chi connectivity index (χ2v) is 8.03. The lowest BCUT2D eigenvalue weighted by atomic mass is 10.2. The first-order valence-corrected chi connectivity index (χ1v) is 9.58. The van der Waals surface area contributed by atoms with Crippen LogP contribution in [0, 0.1) is 12.7 Å². The molecule has 0 spiro atoms. The maximum Gasteiger partial charge on any atom is 0.233 e. The summed E-state index contributed by atoms with van der Waals surface area (Å²) in [7, 11) is 0. The van der Waals surface area contributed by atoms with Gasteiger partial charge in [0.2, 0.25) is 5.91 Å². The number of amides is 1. The van der Waals surface area contributed by atoms with Crippen molar-refractivity contribution in [1.82, 2.24) is 20.0 Å². The fourth-order valence-electron chi connectivity index (χ4n) is 2.57. The summed E-state index contributed by atoms with van der Waals surface area (Å²) in [5, 5.41) is 8.88. The number of aryl methyl sites for hydroxylation is 1. The van der Waals surface area contributed by atoms with Crippen LogP contribution in [-0.4, -0.2) is 57.8 Å². The Balaban J connectivity index is 1.44. The molecule has 0 N–H and O–H groups in total. The molecule has 5 nitrogen and oxygen atoms in total. The highest BCUT2D eigenvalue weighted by Gasteiger charge is 2.22. The third-order valence-electron chi connectivity index (χ3n) is 3.90. The lowest BCUT2D eigenvalue weighted by Crippen LogP contribution is -2.48. The van der Waals surface area contributed by atoms with Crippen LogP contribution in [0.15, 0.2) is 28.6 Å². The van der Waals surface area contributed by atoms with E-state index in [1.807, 2.05) is 24.0 Å². The topological polar surface area (TPSA) is 49.3 Å². The number of thioether (sulfide) groups is 1. The summed E-state index contributed by atoms with van der Waals surface area (Å²) in [5.74, 6) is 0.347. The molecule has 8 heteroatoms. The third kappa shape index (κ3) is 4.52. The van der Waals surface area contributed by atoms with Crippen LogP contribution in [0.25, 0.3) is 0 Å². The van der Waals surface area contributed by atoms with Gasteiger partial charge in [-0.1, -0.05) is 41.3 Å². The van der Waals surface area contributed by atoms with Gasteiger partial charge >= 0.3 is 0 Å². The van der Waals surface area contributed by atoms with E-state index >= 15 is 0 Å². The summed E-state index contributed by atoms with van der Waals surface area (Å²) < 4.78 is 14.5. The molecule has 1 aromatic heterocycles. The normalized spacial score (nSPS) is 15.7. The Hall–Kier alpha value is -1.51. The number of halogens is 1. The van der Waals surface area contributed by atoms with Crippen molar-refractivity contribution in [2.75, 3.05) is 31.9 Å². The molecular formula is C16H19FN4OS2. The average Bonchev–Trinajstić information content (AvgIpc) is 3.01. The summed E-state index contributed by atoms with van der Waals surface area (Å²) >= 11 is 2.94. The molecule has 1 aromatic carbocycles. The maximum absolute atomic E-state index is 13.7. The van der Waals surface area contributed by atoms with Gasteiger partial charge in [0.05, 0.1) is 5.75 Å². The van der Waals surface area contributed by atoms with Gasteiger partial charge in [0.25, 0.3) is 0 Å². The zero-order valence-corrected chi connectivity index (χ0v) is 15.1. The Bertz CT molecular complexity index is 701. The molecule has 0 unspecified atom stereocenters. The van der Waals surface area contributed by atoms with Crippen LogP contribution in [0.2, 0.25) is 0 Å². The van der Waals surface area contributed by atoms with Crippen LogP contribution in [0.5, 0.6) is 0 Å². The summed E-state index contributed by atoms with van der Waals surface area (Å²) in [4.78, 5) is 16.3. The Morgan fingerprint density at radius 3 is 2.67 bits per heavy atom. The minimum atomic E-state index is -0.167. The molecule has 0 aliphatic carbocycles. The first-order valence-electron chi connectivity index (χ1n) is 7.78. The van der Waals surface area contributed by atoms with Gasteiger partial charge in [-0.05, 0) is 13.0 Å². The quantitative estimate of drug-likeness (QED) is 0.761. The number of rotatable bonds is 5. The standard InChI is InChI=1S/C16H19FN4OS2/c1-12-18-19-16(24-12)23-11-15(22)21-8-6-20(7-9-21)10-13-4-2-3-5-14(13)17/h2-5H,6-11H2,1H3. The summed E-state index contributed by atoms with van der Waals surface area (Å²) in [6.07, 6.45) is 0. The molecule has 1 amide bonds. The fourth-order valence-corrected chi connectivity index (χ4v) is 4.29. The zero-order chi connectivity index (χ0) is 16.9. The molecule has 0 bridgehead atoms. The number of aromatic nitrogens is 2. The monoisotopic (exact) mass is 366 g/mol. The van der Waals surface area contributed by atoms with E-state index in [-0.39, 0.29) is 11.7 Å². The minimum absolute atomic E-state index is 0.124. The molecule has 0 saturated carbocycles. The highest BCUT2D eigenvalue weighted by atomic mass is 32.2. The lowest BCUT2D eigenvalue weighted by molar-refractivity contribution is -0.130. The van der Waals surface area contributed by atoms with E-state index in [1.54, 1.807) is 6.07 Å². The van der Waals surface area contributed by atoms with Crippen LogP contribution in [0.1, 0.15) is 10.6 Å². The van der Waals surface area contributed by atoms with Crippen LogP contribution in [0.4, 0.5) is 4.39 Å². The van der Waals surface area contributed by atoms with Crippen molar-refractivity contribution >= 4 is 29.0 Å². The van der Waals surface area contributed by atoms with E-state index < -0.39 is 0 Å². The Kier molecular flexibility index (Phi) is 5.80. The molecule has 128 valence electrons. The van der Waals surface area contributed by atoms with Gasteiger partial charge in [0, 0.05) is 38.3 Å². The van der Waals surface area contributed by atoms with Crippen LogP contribution in [0.3, 0.4) is 0 Å². The van der Waals surface area contributed by atoms with E-state index in [1.165, 1.54) is 29.2 Å². The highest BCUT2D eigenvalue weighted by Crippen LogP contribution is 2.22. The van der Waals surface area contributed by atoms with Gasteiger partial charge in [0.15, 0.2) is 4.34 Å². The fraction of sp³-hybridized carbons (Fsp3) is 0.438. The number of hydrogen-bond donors (Lipinski definition) is 0. The highest BCUT2D eigenvalue weighted by molar-refractivity contribution is 8.01. The molecule has 1 saturated heterocycles. The average molecular weight is 366 g/mol. The van der Waals surface area contributed by atoms with Gasteiger partial charge in [0.1, 0.15) is 10.8 Å². The molecule has 1 fully saturated rings. The number of hydrogen-bond acceptors (Lipinski definition) is 6. The molecule has 1 aliphatic rings. The molecule has 1 aliphatic heterocycles. The van der Waals surface area contributed by atoms with Crippen LogP contribution in [-0.2, 0) is 11.3 Å². The van der Waals surface area contributed by atoms with Gasteiger partial charge in [-0.3, -0.25) is 9.69 Å². The predicted octanol–water partition coefficient (Wildman–Crippen LogP) is 2.42. The third-order valence-corrected chi connectivity index (χ3v) is 5.86. The number of piperazine rings is 1. The molecule has 0 atom stereocenters. The summed E-state index contributed by atoms with van der Waals surface area (Å²) in [5.41, 5.74) is 0.708. The second-order valence-electron chi connectivity index (χ2n) is 5.62. The van der Waals surface area contributed by atoms with Crippen molar-refractivity contribution in [3.8, 4) is 0 Å². The molecule has 2 aromatic rings. The van der Waals surface area contributed by atoms with Crippen LogP contribution >= 0.6 is 23.1 Å². The zero-order valence-electron chi connectivity index (χ0n) is 13.4. The molecule has 0 radical (unpaired) electrons. The van der Waals surface area contributed by atoms with Gasteiger partial charge < -0.3 is 4.90 Å². The molecule has 24 heavy (non-hydrogen) atoms. The van der Waals surface area contributed by atoms with Crippen molar-refractivity contribution in [2.45, 2.75) is 17.8 Å². The predicted molar refractivity (Wildman–Crippen MR) is 93.6 cm³/mol. The van der Waals surface area contributed by atoms with Gasteiger partial charge in [-0.2, -0.15) is 0 Å².